The van der Waals surface area contributed by atoms with Crippen LogP contribution in [0.3, 0.4) is 0 Å². The maximum Gasteiger partial charge on any atom is 0.453 e. The van der Waals surface area contributed by atoms with Crippen molar-refractivity contribution < 1.29 is 31.5 Å². The van der Waals surface area contributed by atoms with Gasteiger partial charge in [-0.05, 0) is 6.92 Å². The largest absolute Gasteiger partial charge is 0.453 e. The molecule has 0 aromatic heterocycles. The summed E-state index contributed by atoms with van der Waals surface area (Å²) in [7, 11) is 0. The molecule has 0 aliphatic heterocycles. The van der Waals surface area contributed by atoms with E-state index in [1.165, 1.54) is 0 Å². The van der Waals surface area contributed by atoms with Crippen molar-refractivity contribution >= 4 is 11.6 Å². The third kappa shape index (κ3) is 3.80. The van der Waals surface area contributed by atoms with E-state index in [-0.39, 0.29) is 0 Å². The zero-order chi connectivity index (χ0) is 11.6. The second kappa shape index (κ2) is 4.02. The zero-order valence-electron chi connectivity index (χ0n) is 7.12. The first-order valence-corrected chi connectivity index (χ1v) is 3.52. The molecule has 2 nitrogen and oxygen atoms in total. The lowest BCUT2D eigenvalue weighted by atomic mass is 10.1. The van der Waals surface area contributed by atoms with Crippen LogP contribution in [0.25, 0.3) is 0 Å². The average molecular weight is 218 g/mol. The van der Waals surface area contributed by atoms with E-state index in [9.17, 15) is 31.5 Å². The van der Waals surface area contributed by atoms with Crippen LogP contribution in [0.15, 0.2) is 0 Å². The second-order valence-corrected chi connectivity index (χ2v) is 2.80. The van der Waals surface area contributed by atoms with Crippen molar-refractivity contribution in [3.63, 3.8) is 0 Å². The van der Waals surface area contributed by atoms with Crippen molar-refractivity contribution in [3.8, 4) is 0 Å². The first kappa shape index (κ1) is 13.0. The van der Waals surface area contributed by atoms with Gasteiger partial charge in [-0.25, -0.2) is 0 Å². The molecule has 0 rings (SSSR count). The van der Waals surface area contributed by atoms with Crippen LogP contribution in [0.1, 0.15) is 19.8 Å². The monoisotopic (exact) mass is 218 g/mol. The quantitative estimate of drug-likeness (QED) is 0.535. The topological polar surface area (TPSA) is 34.1 Å². The van der Waals surface area contributed by atoms with Gasteiger partial charge in [0.25, 0.3) is 0 Å². The number of carbonyl (C=O) groups excluding carboxylic acids is 2. The van der Waals surface area contributed by atoms with Crippen LogP contribution >= 0.6 is 0 Å². The highest BCUT2D eigenvalue weighted by atomic mass is 19.4. The number of alkyl halides is 5. The molecule has 0 atom stereocenters. The summed E-state index contributed by atoms with van der Waals surface area (Å²) < 4.78 is 59.0. The van der Waals surface area contributed by atoms with Gasteiger partial charge in [0.05, 0.1) is 12.8 Å². The minimum absolute atomic E-state index is 0.743. The third-order valence-electron chi connectivity index (χ3n) is 1.28. The summed E-state index contributed by atoms with van der Waals surface area (Å²) in [6.45, 7) is 0.934. The number of carbonyl (C=O) groups is 2. The van der Waals surface area contributed by atoms with Crippen molar-refractivity contribution in [2.75, 3.05) is 0 Å². The van der Waals surface area contributed by atoms with Crippen molar-refractivity contribution in [3.05, 3.63) is 0 Å². The van der Waals surface area contributed by atoms with Gasteiger partial charge in [0, 0.05) is 0 Å². The molecule has 7 heteroatoms. The van der Waals surface area contributed by atoms with Gasteiger partial charge in [-0.15, -0.1) is 0 Å². The molecule has 14 heavy (non-hydrogen) atoms. The Kier molecular flexibility index (Phi) is 3.73. The lowest BCUT2D eigenvalue weighted by Gasteiger charge is -2.18. The molecule has 0 aromatic carbocycles. The second-order valence-electron chi connectivity index (χ2n) is 2.80. The van der Waals surface area contributed by atoms with Crippen molar-refractivity contribution in [2.24, 2.45) is 0 Å². The Morgan fingerprint density at radius 3 is 1.79 bits per heavy atom. The number of hydrogen-bond donors (Lipinski definition) is 0. The van der Waals surface area contributed by atoms with Gasteiger partial charge in [0.15, 0.2) is 0 Å². The molecule has 0 radical (unpaired) electrons. The summed E-state index contributed by atoms with van der Waals surface area (Å²) in [6.07, 6.45) is -8.62. The number of rotatable bonds is 4. The van der Waals surface area contributed by atoms with Gasteiger partial charge in [-0.1, -0.05) is 0 Å². The molecular weight excluding hydrogens is 211 g/mol. The smallest absolute Gasteiger partial charge is 0.300 e. The maximum atomic E-state index is 12.2. The zero-order valence-corrected chi connectivity index (χ0v) is 7.12. The van der Waals surface area contributed by atoms with Crippen LogP contribution in [-0.2, 0) is 9.59 Å². The summed E-state index contributed by atoms with van der Waals surface area (Å²) in [5.41, 5.74) is 0. The van der Waals surface area contributed by atoms with Crippen molar-refractivity contribution in [1.82, 2.24) is 0 Å². The standard InChI is InChI=1S/C7H7F5O2/c1-4(13)2-5(14)3-6(8,9)7(10,11)12/h2-3H2,1H3. The molecular formula is C7H7F5O2. The fourth-order valence-electron chi connectivity index (χ4n) is 0.688. The van der Waals surface area contributed by atoms with Gasteiger partial charge in [0.1, 0.15) is 11.6 Å². The molecule has 0 saturated carbocycles. The highest BCUT2D eigenvalue weighted by Crippen LogP contribution is 2.38. The van der Waals surface area contributed by atoms with Gasteiger partial charge in [-0.3, -0.25) is 9.59 Å². The Labute approximate surface area is 76.1 Å². The molecule has 0 heterocycles. The van der Waals surface area contributed by atoms with E-state index in [0.717, 1.165) is 6.92 Å². The summed E-state index contributed by atoms with van der Waals surface area (Å²) in [6, 6.07) is 0. The Morgan fingerprint density at radius 2 is 1.50 bits per heavy atom. The molecule has 0 N–H and O–H groups in total. The Hall–Kier alpha value is -1.01. The van der Waals surface area contributed by atoms with E-state index in [0.29, 0.717) is 0 Å². The van der Waals surface area contributed by atoms with Gasteiger partial charge >= 0.3 is 12.1 Å². The van der Waals surface area contributed by atoms with E-state index in [2.05, 4.69) is 0 Å². The highest BCUT2D eigenvalue weighted by Gasteiger charge is 2.58. The predicted octanol–water partition coefficient (Wildman–Crippen LogP) is 2.12. The van der Waals surface area contributed by atoms with E-state index in [1.807, 2.05) is 0 Å². The Morgan fingerprint density at radius 1 is 1.07 bits per heavy atom. The Bertz CT molecular complexity index is 243. The fraction of sp³-hybridized carbons (Fsp3) is 0.714. The third-order valence-corrected chi connectivity index (χ3v) is 1.28. The molecule has 0 aromatic rings. The van der Waals surface area contributed by atoms with Gasteiger partial charge < -0.3 is 0 Å². The predicted molar refractivity (Wildman–Crippen MR) is 35.9 cm³/mol. The summed E-state index contributed by atoms with van der Waals surface area (Å²) in [5, 5.41) is 0. The average Bonchev–Trinajstić information content (AvgIpc) is 1.79. The number of ketones is 2. The first-order valence-electron chi connectivity index (χ1n) is 3.52. The van der Waals surface area contributed by atoms with Crippen LogP contribution < -0.4 is 0 Å². The summed E-state index contributed by atoms with van der Waals surface area (Å²) in [4.78, 5) is 20.8. The summed E-state index contributed by atoms with van der Waals surface area (Å²) in [5.74, 6) is -7.22. The highest BCUT2D eigenvalue weighted by molar-refractivity contribution is 5.98. The first-order chi connectivity index (χ1) is 6.06. The molecule has 0 bridgehead atoms. The summed E-state index contributed by atoms with van der Waals surface area (Å²) >= 11 is 0. The van der Waals surface area contributed by atoms with E-state index >= 15 is 0 Å². The lowest BCUT2D eigenvalue weighted by molar-refractivity contribution is -0.281. The molecule has 0 unspecified atom stereocenters. The molecule has 82 valence electrons. The molecule has 0 aliphatic rings. The normalized spacial score (nSPS) is 12.7. The van der Waals surface area contributed by atoms with Crippen LogP contribution in [0.5, 0.6) is 0 Å². The Balaban J connectivity index is 4.37. The van der Waals surface area contributed by atoms with Crippen molar-refractivity contribution in [1.29, 1.82) is 0 Å². The van der Waals surface area contributed by atoms with E-state index in [1.54, 1.807) is 0 Å². The van der Waals surface area contributed by atoms with Gasteiger partial charge in [-0.2, -0.15) is 22.0 Å². The molecule has 0 saturated heterocycles. The number of hydrogen-bond acceptors (Lipinski definition) is 2. The minimum atomic E-state index is -5.75. The van der Waals surface area contributed by atoms with Crippen LogP contribution in [0, 0.1) is 0 Å². The minimum Gasteiger partial charge on any atom is -0.300 e. The SMILES string of the molecule is CC(=O)CC(=O)CC(F)(F)C(F)(F)F. The van der Waals surface area contributed by atoms with E-state index in [4.69, 9.17) is 0 Å². The molecule has 0 fully saturated rings. The molecule has 0 spiro atoms. The lowest BCUT2D eigenvalue weighted by Crippen LogP contribution is -2.38. The van der Waals surface area contributed by atoms with Crippen LogP contribution in [-0.4, -0.2) is 23.7 Å². The molecule has 0 amide bonds. The maximum absolute atomic E-state index is 12.2. The van der Waals surface area contributed by atoms with Gasteiger partial charge in [0.2, 0.25) is 0 Å². The number of Topliss-reactive ketones (excluding diaryl/α,β-unsaturated/α-hetero) is 2. The van der Waals surface area contributed by atoms with Crippen LogP contribution in [0.4, 0.5) is 22.0 Å². The van der Waals surface area contributed by atoms with Crippen molar-refractivity contribution in [2.45, 2.75) is 31.9 Å². The number of halogens is 5. The van der Waals surface area contributed by atoms with E-state index < -0.39 is 36.5 Å². The molecule has 0 aliphatic carbocycles. The van der Waals surface area contributed by atoms with Crippen LogP contribution in [0.2, 0.25) is 0 Å². The fourth-order valence-corrected chi connectivity index (χ4v) is 0.688.